The van der Waals surface area contributed by atoms with Crippen LogP contribution in [0, 0.1) is 12.8 Å². The molecule has 0 saturated carbocycles. The van der Waals surface area contributed by atoms with Crippen LogP contribution in [0.15, 0.2) is 18.2 Å². The Labute approximate surface area is 118 Å². The molecule has 1 atom stereocenters. The Morgan fingerprint density at radius 1 is 1.47 bits per heavy atom. The summed E-state index contributed by atoms with van der Waals surface area (Å²) in [5.41, 5.74) is 1.43. The topological polar surface area (TPSA) is 37.4 Å². The normalized spacial score (nSPS) is 19.6. The van der Waals surface area contributed by atoms with Crippen LogP contribution >= 0.6 is 11.6 Å². The number of carbonyl (C=O) groups excluding carboxylic acids is 2. The van der Waals surface area contributed by atoms with Gasteiger partial charge in [-0.15, -0.1) is 0 Å². The first-order valence-corrected chi connectivity index (χ1v) is 6.99. The van der Waals surface area contributed by atoms with Crippen molar-refractivity contribution in [3.05, 3.63) is 34.3 Å². The van der Waals surface area contributed by atoms with Crippen molar-refractivity contribution in [1.29, 1.82) is 0 Å². The molecule has 1 aliphatic heterocycles. The number of carbonyl (C=O) groups is 2. The van der Waals surface area contributed by atoms with Crippen molar-refractivity contribution < 1.29 is 9.59 Å². The van der Waals surface area contributed by atoms with E-state index < -0.39 is 0 Å². The molecule has 0 N–H and O–H groups in total. The third-order valence-corrected chi connectivity index (χ3v) is 4.23. The monoisotopic (exact) mass is 279 g/mol. The van der Waals surface area contributed by atoms with Crippen LogP contribution in [-0.2, 0) is 4.79 Å². The lowest BCUT2D eigenvalue weighted by Crippen LogP contribution is -2.44. The van der Waals surface area contributed by atoms with Crippen molar-refractivity contribution in [2.45, 2.75) is 26.7 Å². The summed E-state index contributed by atoms with van der Waals surface area (Å²) in [6.45, 7) is 4.88. The molecule has 1 fully saturated rings. The lowest BCUT2D eigenvalue weighted by molar-refractivity contribution is -0.125. The molecule has 1 aromatic carbocycles. The van der Waals surface area contributed by atoms with Gasteiger partial charge in [0.1, 0.15) is 5.78 Å². The lowest BCUT2D eigenvalue weighted by Gasteiger charge is -2.31. The number of Topliss-reactive ketones (excluding diaryl/α,β-unsaturated/α-hetero) is 1. The second kappa shape index (κ2) is 5.74. The highest BCUT2D eigenvalue weighted by Gasteiger charge is 2.29. The van der Waals surface area contributed by atoms with E-state index in [1.165, 1.54) is 0 Å². The molecule has 0 spiro atoms. The number of ketones is 1. The van der Waals surface area contributed by atoms with E-state index in [9.17, 15) is 9.59 Å². The Balaban J connectivity index is 2.20. The zero-order chi connectivity index (χ0) is 14.0. The highest BCUT2D eigenvalue weighted by Crippen LogP contribution is 2.24. The van der Waals surface area contributed by atoms with Crippen LogP contribution in [0.4, 0.5) is 0 Å². The Hall–Kier alpha value is -1.35. The maximum Gasteiger partial charge on any atom is 0.255 e. The molecule has 4 heteroatoms. The van der Waals surface area contributed by atoms with Gasteiger partial charge in [-0.25, -0.2) is 0 Å². The largest absolute Gasteiger partial charge is 0.337 e. The first-order valence-electron chi connectivity index (χ1n) is 6.61. The standard InChI is InChI=1S/C15H18ClNO2/c1-3-11-9-17(8-7-13(11)18)15(19)12-6-4-5-10(2)14(12)16/h4-6,11H,3,7-9H2,1-2H3. The first-order chi connectivity index (χ1) is 9.04. The van der Waals surface area contributed by atoms with Gasteiger partial charge in [0, 0.05) is 25.4 Å². The number of rotatable bonds is 2. The average molecular weight is 280 g/mol. The Morgan fingerprint density at radius 2 is 2.21 bits per heavy atom. The number of amides is 1. The maximum atomic E-state index is 12.5. The van der Waals surface area contributed by atoms with Crippen molar-refractivity contribution in [1.82, 2.24) is 4.90 Å². The van der Waals surface area contributed by atoms with Gasteiger partial charge < -0.3 is 4.90 Å². The van der Waals surface area contributed by atoms with E-state index in [1.807, 2.05) is 26.0 Å². The van der Waals surface area contributed by atoms with Crippen molar-refractivity contribution in [3.63, 3.8) is 0 Å². The summed E-state index contributed by atoms with van der Waals surface area (Å²) in [7, 11) is 0. The number of aryl methyl sites for hydroxylation is 1. The molecule has 1 unspecified atom stereocenters. The Morgan fingerprint density at radius 3 is 2.89 bits per heavy atom. The molecule has 0 radical (unpaired) electrons. The molecular formula is C15H18ClNO2. The zero-order valence-corrected chi connectivity index (χ0v) is 12.0. The van der Waals surface area contributed by atoms with Crippen LogP contribution in [0.25, 0.3) is 0 Å². The maximum absolute atomic E-state index is 12.5. The number of benzene rings is 1. The fraction of sp³-hybridized carbons (Fsp3) is 0.467. The molecule has 0 aromatic heterocycles. The van der Waals surface area contributed by atoms with E-state index >= 15 is 0 Å². The van der Waals surface area contributed by atoms with Crippen LogP contribution in [0.2, 0.25) is 5.02 Å². The molecule has 1 amide bonds. The third kappa shape index (κ3) is 2.81. The molecule has 1 heterocycles. The van der Waals surface area contributed by atoms with E-state index in [4.69, 9.17) is 11.6 Å². The molecule has 3 nitrogen and oxygen atoms in total. The SMILES string of the molecule is CCC1CN(C(=O)c2cccc(C)c2Cl)CCC1=O. The van der Waals surface area contributed by atoms with Gasteiger partial charge in [0.2, 0.25) is 0 Å². The predicted octanol–water partition coefficient (Wildman–Crippen LogP) is 3.09. The molecule has 1 saturated heterocycles. The van der Waals surface area contributed by atoms with Gasteiger partial charge in [0.15, 0.2) is 0 Å². The molecule has 1 aromatic rings. The van der Waals surface area contributed by atoms with Gasteiger partial charge in [-0.1, -0.05) is 30.7 Å². The molecule has 102 valence electrons. The molecular weight excluding hydrogens is 262 g/mol. The van der Waals surface area contributed by atoms with Gasteiger partial charge in [-0.05, 0) is 25.0 Å². The van der Waals surface area contributed by atoms with Crippen molar-refractivity contribution in [2.24, 2.45) is 5.92 Å². The van der Waals surface area contributed by atoms with E-state index in [1.54, 1.807) is 11.0 Å². The lowest BCUT2D eigenvalue weighted by atomic mass is 9.93. The van der Waals surface area contributed by atoms with Gasteiger partial charge >= 0.3 is 0 Å². The highest BCUT2D eigenvalue weighted by atomic mass is 35.5. The minimum atomic E-state index is -0.0698. The van der Waals surface area contributed by atoms with Crippen LogP contribution < -0.4 is 0 Å². The third-order valence-electron chi connectivity index (χ3n) is 3.73. The van der Waals surface area contributed by atoms with Gasteiger partial charge in [0.05, 0.1) is 10.6 Å². The molecule has 2 rings (SSSR count). The van der Waals surface area contributed by atoms with Crippen molar-refractivity contribution in [2.75, 3.05) is 13.1 Å². The summed E-state index contributed by atoms with van der Waals surface area (Å²) in [5, 5.41) is 0.512. The number of likely N-dealkylation sites (tertiary alicyclic amines) is 1. The summed E-state index contributed by atoms with van der Waals surface area (Å²) in [5.74, 6) is 0.169. The molecule has 0 bridgehead atoms. The van der Waals surface area contributed by atoms with E-state index in [0.29, 0.717) is 30.1 Å². The summed E-state index contributed by atoms with van der Waals surface area (Å²) >= 11 is 6.19. The number of nitrogens with zero attached hydrogens (tertiary/aromatic N) is 1. The molecule has 1 aliphatic rings. The smallest absolute Gasteiger partial charge is 0.255 e. The van der Waals surface area contributed by atoms with E-state index in [2.05, 4.69) is 0 Å². The summed E-state index contributed by atoms with van der Waals surface area (Å²) in [6, 6.07) is 5.46. The van der Waals surface area contributed by atoms with Crippen molar-refractivity contribution >= 4 is 23.3 Å². The summed E-state index contributed by atoms with van der Waals surface area (Å²) in [4.78, 5) is 25.9. The number of hydrogen-bond acceptors (Lipinski definition) is 2. The number of halogens is 1. The number of hydrogen-bond donors (Lipinski definition) is 0. The quantitative estimate of drug-likeness (QED) is 0.834. The fourth-order valence-electron chi connectivity index (χ4n) is 2.43. The van der Waals surface area contributed by atoms with Gasteiger partial charge in [0.25, 0.3) is 5.91 Å². The van der Waals surface area contributed by atoms with Gasteiger partial charge in [-0.3, -0.25) is 9.59 Å². The highest BCUT2D eigenvalue weighted by molar-refractivity contribution is 6.34. The second-order valence-corrected chi connectivity index (χ2v) is 5.39. The number of piperidine rings is 1. The van der Waals surface area contributed by atoms with Gasteiger partial charge in [-0.2, -0.15) is 0 Å². The summed E-state index contributed by atoms with van der Waals surface area (Å²) in [6.07, 6.45) is 1.23. The molecule has 0 aliphatic carbocycles. The van der Waals surface area contributed by atoms with Crippen LogP contribution in [0.3, 0.4) is 0 Å². The van der Waals surface area contributed by atoms with Crippen LogP contribution in [0.1, 0.15) is 35.7 Å². The van der Waals surface area contributed by atoms with Crippen LogP contribution in [0.5, 0.6) is 0 Å². The fourth-order valence-corrected chi connectivity index (χ4v) is 2.64. The first kappa shape index (κ1) is 14.1. The summed E-state index contributed by atoms with van der Waals surface area (Å²) < 4.78 is 0. The zero-order valence-electron chi connectivity index (χ0n) is 11.3. The molecule has 19 heavy (non-hydrogen) atoms. The minimum absolute atomic E-state index is 0.0266. The van der Waals surface area contributed by atoms with Crippen LogP contribution in [-0.4, -0.2) is 29.7 Å². The minimum Gasteiger partial charge on any atom is -0.337 e. The van der Waals surface area contributed by atoms with Crippen molar-refractivity contribution in [3.8, 4) is 0 Å². The second-order valence-electron chi connectivity index (χ2n) is 5.01. The van der Waals surface area contributed by atoms with E-state index in [-0.39, 0.29) is 17.6 Å². The predicted molar refractivity (Wildman–Crippen MR) is 75.5 cm³/mol. The van der Waals surface area contributed by atoms with E-state index in [0.717, 1.165) is 12.0 Å². The Kier molecular flexibility index (Phi) is 4.25. The Bertz CT molecular complexity index is 513. The average Bonchev–Trinajstić information content (AvgIpc) is 2.41.